The van der Waals surface area contributed by atoms with Gasteiger partial charge >= 0.3 is 5.97 Å². The van der Waals surface area contributed by atoms with Crippen LogP contribution in [0.4, 0.5) is 0 Å². The van der Waals surface area contributed by atoms with Crippen LogP contribution >= 0.6 is 0 Å². The van der Waals surface area contributed by atoms with Crippen LogP contribution in [0.25, 0.3) is 10.8 Å². The van der Waals surface area contributed by atoms with Gasteiger partial charge < -0.3 is 10.4 Å². The Morgan fingerprint density at radius 1 is 1.20 bits per heavy atom. The molecule has 0 heterocycles. The topological polar surface area (TPSA) is 66.4 Å². The smallest absolute Gasteiger partial charge is 0.305 e. The first-order valence-electron chi connectivity index (χ1n) is 8.82. The molecule has 2 N–H and O–H groups in total. The van der Waals surface area contributed by atoms with Crippen molar-refractivity contribution in [2.75, 3.05) is 0 Å². The van der Waals surface area contributed by atoms with E-state index in [1.54, 1.807) is 0 Å². The number of carbonyl (C=O) groups excluding carboxylic acids is 1. The molecule has 0 aromatic heterocycles. The molecule has 1 saturated carbocycles. The first-order valence-corrected chi connectivity index (χ1v) is 8.82. The maximum Gasteiger partial charge on any atom is 0.305 e. The molecule has 3 unspecified atom stereocenters. The number of carboxylic acids is 1. The number of rotatable bonds is 6. The maximum absolute atomic E-state index is 12.7. The van der Waals surface area contributed by atoms with Crippen molar-refractivity contribution >= 4 is 22.6 Å². The standard InChI is InChI=1S/C21H25NO3/c1-13(2)21(3,12-19(23)24)22-20(25)18-11-17(18)16-9-8-14-6-4-5-7-15(14)10-16/h4-10,13,17-18H,11-12H2,1-3H3,(H,22,25)(H,23,24). The molecule has 2 aromatic carbocycles. The molecule has 0 spiro atoms. The highest BCUT2D eigenvalue weighted by molar-refractivity contribution is 5.86. The molecular formula is C21H25NO3. The second kappa shape index (κ2) is 6.51. The Hall–Kier alpha value is -2.36. The molecule has 0 bridgehead atoms. The van der Waals surface area contributed by atoms with Gasteiger partial charge in [-0.25, -0.2) is 0 Å². The number of fused-ring (bicyclic) bond motifs is 1. The summed E-state index contributed by atoms with van der Waals surface area (Å²) in [5.41, 5.74) is 0.461. The Balaban J connectivity index is 1.71. The largest absolute Gasteiger partial charge is 0.481 e. The Labute approximate surface area is 148 Å². The van der Waals surface area contributed by atoms with Gasteiger partial charge in [0.25, 0.3) is 0 Å². The molecule has 4 heteroatoms. The zero-order chi connectivity index (χ0) is 18.2. The molecule has 132 valence electrons. The molecule has 0 saturated heterocycles. The van der Waals surface area contributed by atoms with Gasteiger partial charge in [-0.1, -0.05) is 56.3 Å². The summed E-state index contributed by atoms with van der Waals surface area (Å²) in [7, 11) is 0. The summed E-state index contributed by atoms with van der Waals surface area (Å²) in [6.45, 7) is 5.70. The normalized spacial score (nSPS) is 21.8. The van der Waals surface area contributed by atoms with Gasteiger partial charge in [0.1, 0.15) is 0 Å². The van der Waals surface area contributed by atoms with Crippen molar-refractivity contribution in [2.24, 2.45) is 11.8 Å². The van der Waals surface area contributed by atoms with Crippen LogP contribution in [0.2, 0.25) is 0 Å². The first-order chi connectivity index (χ1) is 11.8. The van der Waals surface area contributed by atoms with Gasteiger partial charge in [-0.05, 0) is 41.5 Å². The minimum Gasteiger partial charge on any atom is -0.481 e. The molecule has 3 atom stereocenters. The molecule has 1 aliphatic rings. The first kappa shape index (κ1) is 17.5. The van der Waals surface area contributed by atoms with Crippen molar-refractivity contribution in [2.45, 2.75) is 45.1 Å². The van der Waals surface area contributed by atoms with Crippen molar-refractivity contribution in [3.63, 3.8) is 0 Å². The molecule has 1 amide bonds. The van der Waals surface area contributed by atoms with Crippen molar-refractivity contribution in [3.05, 3.63) is 48.0 Å². The van der Waals surface area contributed by atoms with E-state index >= 15 is 0 Å². The fraction of sp³-hybridized carbons (Fsp3) is 0.429. The van der Waals surface area contributed by atoms with Crippen LogP contribution in [0.3, 0.4) is 0 Å². The zero-order valence-electron chi connectivity index (χ0n) is 15.0. The van der Waals surface area contributed by atoms with Gasteiger partial charge in [-0.3, -0.25) is 9.59 Å². The molecule has 25 heavy (non-hydrogen) atoms. The summed E-state index contributed by atoms with van der Waals surface area (Å²) in [4.78, 5) is 23.8. The predicted octanol–water partition coefficient (Wildman–Crippen LogP) is 3.95. The Bertz CT molecular complexity index is 814. The fourth-order valence-electron chi connectivity index (χ4n) is 3.37. The molecule has 4 nitrogen and oxygen atoms in total. The van der Waals surface area contributed by atoms with Gasteiger partial charge in [0, 0.05) is 11.5 Å². The lowest BCUT2D eigenvalue weighted by atomic mass is 9.85. The number of amides is 1. The van der Waals surface area contributed by atoms with E-state index in [-0.39, 0.29) is 30.1 Å². The molecule has 0 radical (unpaired) electrons. The Morgan fingerprint density at radius 3 is 2.52 bits per heavy atom. The summed E-state index contributed by atoms with van der Waals surface area (Å²) in [6.07, 6.45) is 0.759. The van der Waals surface area contributed by atoms with Crippen LogP contribution < -0.4 is 5.32 Å². The maximum atomic E-state index is 12.7. The van der Waals surface area contributed by atoms with Crippen LogP contribution in [0.5, 0.6) is 0 Å². The van der Waals surface area contributed by atoms with E-state index in [4.69, 9.17) is 5.11 Å². The third-order valence-electron chi connectivity index (χ3n) is 5.53. The molecular weight excluding hydrogens is 314 g/mol. The highest BCUT2D eigenvalue weighted by Gasteiger charge is 2.46. The van der Waals surface area contributed by atoms with E-state index < -0.39 is 11.5 Å². The lowest BCUT2D eigenvalue weighted by molar-refractivity contribution is -0.139. The van der Waals surface area contributed by atoms with Crippen molar-refractivity contribution in [1.82, 2.24) is 5.32 Å². The Morgan fingerprint density at radius 2 is 1.88 bits per heavy atom. The van der Waals surface area contributed by atoms with Crippen LogP contribution in [0.15, 0.2) is 42.5 Å². The van der Waals surface area contributed by atoms with E-state index in [1.807, 2.05) is 32.9 Å². The van der Waals surface area contributed by atoms with Gasteiger partial charge in [0.05, 0.1) is 6.42 Å². The van der Waals surface area contributed by atoms with Gasteiger partial charge in [0.15, 0.2) is 0 Å². The lowest BCUT2D eigenvalue weighted by Gasteiger charge is -2.33. The van der Waals surface area contributed by atoms with E-state index in [0.29, 0.717) is 0 Å². The minimum absolute atomic E-state index is 0.0318. The summed E-state index contributed by atoms with van der Waals surface area (Å²) in [5, 5.41) is 14.5. The summed E-state index contributed by atoms with van der Waals surface area (Å²) in [5.74, 6) is -0.710. The number of nitrogens with one attached hydrogen (secondary N) is 1. The van der Waals surface area contributed by atoms with E-state index in [9.17, 15) is 9.59 Å². The number of hydrogen-bond acceptors (Lipinski definition) is 2. The van der Waals surface area contributed by atoms with Crippen molar-refractivity contribution < 1.29 is 14.7 Å². The summed E-state index contributed by atoms with van der Waals surface area (Å²) >= 11 is 0. The second-order valence-electron chi connectivity index (χ2n) is 7.69. The van der Waals surface area contributed by atoms with E-state index in [1.165, 1.54) is 16.3 Å². The highest BCUT2D eigenvalue weighted by Crippen LogP contribution is 2.48. The lowest BCUT2D eigenvalue weighted by Crippen LogP contribution is -2.51. The third kappa shape index (κ3) is 3.68. The molecule has 1 fully saturated rings. The van der Waals surface area contributed by atoms with Gasteiger partial charge in [0.2, 0.25) is 5.91 Å². The number of benzene rings is 2. The molecule has 2 aromatic rings. The average Bonchev–Trinajstić information content (AvgIpc) is 3.34. The highest BCUT2D eigenvalue weighted by atomic mass is 16.4. The minimum atomic E-state index is -0.890. The quantitative estimate of drug-likeness (QED) is 0.837. The third-order valence-corrected chi connectivity index (χ3v) is 5.53. The van der Waals surface area contributed by atoms with Crippen LogP contribution in [-0.4, -0.2) is 22.5 Å². The number of carbonyl (C=O) groups is 2. The fourth-order valence-corrected chi connectivity index (χ4v) is 3.37. The van der Waals surface area contributed by atoms with E-state index in [2.05, 4.69) is 35.6 Å². The van der Waals surface area contributed by atoms with Crippen LogP contribution in [0.1, 0.15) is 45.1 Å². The SMILES string of the molecule is CC(C)C(C)(CC(=O)O)NC(=O)C1CC1c1ccc2ccccc2c1. The number of hydrogen-bond donors (Lipinski definition) is 2. The predicted molar refractivity (Wildman–Crippen MR) is 98.4 cm³/mol. The monoisotopic (exact) mass is 339 g/mol. The summed E-state index contributed by atoms with van der Waals surface area (Å²) < 4.78 is 0. The van der Waals surface area contributed by atoms with Crippen LogP contribution in [0, 0.1) is 11.8 Å². The van der Waals surface area contributed by atoms with Gasteiger partial charge in [-0.15, -0.1) is 0 Å². The van der Waals surface area contributed by atoms with Crippen molar-refractivity contribution in [1.29, 1.82) is 0 Å². The Kier molecular flexibility index (Phi) is 4.55. The zero-order valence-corrected chi connectivity index (χ0v) is 15.0. The average molecular weight is 339 g/mol. The molecule has 0 aliphatic heterocycles. The van der Waals surface area contributed by atoms with Crippen molar-refractivity contribution in [3.8, 4) is 0 Å². The summed E-state index contributed by atoms with van der Waals surface area (Å²) in [6, 6.07) is 14.6. The molecule has 1 aliphatic carbocycles. The number of aliphatic carboxylic acids is 1. The van der Waals surface area contributed by atoms with Crippen LogP contribution in [-0.2, 0) is 9.59 Å². The second-order valence-corrected chi connectivity index (χ2v) is 7.69. The van der Waals surface area contributed by atoms with E-state index in [0.717, 1.165) is 6.42 Å². The van der Waals surface area contributed by atoms with Gasteiger partial charge in [-0.2, -0.15) is 0 Å². The molecule has 3 rings (SSSR count). The number of carboxylic acid groups (broad SMARTS) is 1.